The van der Waals surface area contributed by atoms with Crippen LogP contribution in [0.1, 0.15) is 76.8 Å². The number of hydrogen-bond acceptors (Lipinski definition) is 5. The number of nitrogens with zero attached hydrogens (tertiary/aromatic N) is 1. The van der Waals surface area contributed by atoms with Crippen LogP contribution in [-0.2, 0) is 17.6 Å². The highest BCUT2D eigenvalue weighted by Crippen LogP contribution is 2.39. The first-order valence-electron chi connectivity index (χ1n) is 11.0. The number of nitrogens with two attached hydrogens (primary N) is 1. The predicted octanol–water partition coefficient (Wildman–Crippen LogP) is 3.98. The second-order valence-electron chi connectivity index (χ2n) is 8.67. The van der Waals surface area contributed by atoms with Crippen LogP contribution in [0.2, 0.25) is 0 Å². The van der Waals surface area contributed by atoms with Crippen molar-refractivity contribution in [2.24, 2.45) is 11.7 Å². The molecule has 7 nitrogen and oxygen atoms in total. The summed E-state index contributed by atoms with van der Waals surface area (Å²) in [4.78, 5) is 40.9. The van der Waals surface area contributed by atoms with Crippen molar-refractivity contribution in [2.45, 2.75) is 64.3 Å². The lowest BCUT2D eigenvalue weighted by molar-refractivity contribution is -0.117. The van der Waals surface area contributed by atoms with E-state index in [1.165, 1.54) is 17.6 Å². The molecule has 1 fully saturated rings. The van der Waals surface area contributed by atoms with Crippen molar-refractivity contribution >= 4 is 34.1 Å². The summed E-state index contributed by atoms with van der Waals surface area (Å²) < 4.78 is 5.30. The molecular weight excluding hydrogens is 414 g/mol. The normalized spacial score (nSPS) is 18.9. The molecule has 2 aliphatic rings. The molecule has 0 aromatic carbocycles. The third-order valence-corrected chi connectivity index (χ3v) is 7.50. The van der Waals surface area contributed by atoms with Crippen LogP contribution in [0.3, 0.4) is 0 Å². The molecule has 0 aliphatic heterocycles. The van der Waals surface area contributed by atoms with E-state index in [-0.39, 0.29) is 30.2 Å². The van der Waals surface area contributed by atoms with Crippen LogP contribution in [-0.4, -0.2) is 35.2 Å². The van der Waals surface area contributed by atoms with E-state index in [0.29, 0.717) is 16.5 Å². The van der Waals surface area contributed by atoms with E-state index in [2.05, 4.69) is 12.2 Å². The molecule has 0 saturated heterocycles. The van der Waals surface area contributed by atoms with Crippen molar-refractivity contribution < 1.29 is 18.8 Å². The molecule has 1 atom stereocenters. The fourth-order valence-electron chi connectivity index (χ4n) is 4.72. The van der Waals surface area contributed by atoms with Gasteiger partial charge in [0.1, 0.15) is 11.5 Å². The highest BCUT2D eigenvalue weighted by molar-refractivity contribution is 7.17. The quantitative estimate of drug-likeness (QED) is 0.704. The zero-order valence-electron chi connectivity index (χ0n) is 17.8. The molecule has 0 spiro atoms. The third-order valence-electron chi connectivity index (χ3n) is 6.33. The van der Waals surface area contributed by atoms with Gasteiger partial charge in [0.15, 0.2) is 5.76 Å². The minimum atomic E-state index is -0.516. The maximum absolute atomic E-state index is 13.0. The molecule has 8 heteroatoms. The highest BCUT2D eigenvalue weighted by atomic mass is 32.1. The lowest BCUT2D eigenvalue weighted by Crippen LogP contribution is -2.45. The summed E-state index contributed by atoms with van der Waals surface area (Å²) >= 11 is 1.44. The Bertz CT molecular complexity index is 960. The number of thiophene rings is 1. The number of carbonyl (C=O) groups excluding carboxylic acids is 3. The summed E-state index contributed by atoms with van der Waals surface area (Å²) in [6.07, 6.45) is 9.12. The fourth-order valence-corrected chi connectivity index (χ4v) is 6.15. The number of hydrogen-bond donors (Lipinski definition) is 2. The molecule has 2 aromatic rings. The van der Waals surface area contributed by atoms with Gasteiger partial charge in [-0.1, -0.05) is 26.2 Å². The Morgan fingerprint density at radius 1 is 1.23 bits per heavy atom. The minimum absolute atomic E-state index is 0.00472. The monoisotopic (exact) mass is 443 g/mol. The van der Waals surface area contributed by atoms with Crippen molar-refractivity contribution in [1.29, 1.82) is 0 Å². The molecule has 0 bridgehead atoms. The summed E-state index contributed by atoms with van der Waals surface area (Å²) in [6, 6.07) is 3.29. The first-order valence-corrected chi connectivity index (χ1v) is 11.8. The Kier molecular flexibility index (Phi) is 6.46. The third kappa shape index (κ3) is 4.69. The number of primary amides is 1. The first-order chi connectivity index (χ1) is 14.9. The van der Waals surface area contributed by atoms with E-state index < -0.39 is 5.91 Å². The fraction of sp³-hybridized carbons (Fsp3) is 0.522. The standard InChI is InChI=1S/C23H29N3O4S/c1-14-9-10-16-18(12-14)31-22(20(16)21(24)28)25-19(27)13-26(15-6-3-2-4-7-15)23(29)17-8-5-11-30-17/h5,8,11,14-15H,2-4,6-7,9-10,12-13H2,1H3,(H2,24,28)(H,25,27)/t14-/m1/s1. The van der Waals surface area contributed by atoms with E-state index in [9.17, 15) is 14.4 Å². The zero-order chi connectivity index (χ0) is 22.0. The molecule has 0 radical (unpaired) electrons. The van der Waals surface area contributed by atoms with Gasteiger partial charge in [-0.05, 0) is 55.7 Å². The lowest BCUT2D eigenvalue weighted by Gasteiger charge is -2.33. The summed E-state index contributed by atoms with van der Waals surface area (Å²) in [5.74, 6) is -0.334. The molecule has 166 valence electrons. The van der Waals surface area contributed by atoms with Gasteiger partial charge in [0.05, 0.1) is 11.8 Å². The lowest BCUT2D eigenvalue weighted by atomic mass is 9.88. The molecule has 1 saturated carbocycles. The molecule has 2 aromatic heterocycles. The number of amides is 3. The van der Waals surface area contributed by atoms with E-state index >= 15 is 0 Å². The Morgan fingerprint density at radius 2 is 2.00 bits per heavy atom. The topological polar surface area (TPSA) is 106 Å². The number of anilines is 1. The number of rotatable bonds is 6. The number of furan rings is 1. The van der Waals surface area contributed by atoms with Gasteiger partial charge in [-0.2, -0.15) is 0 Å². The smallest absolute Gasteiger partial charge is 0.290 e. The average molecular weight is 444 g/mol. The predicted molar refractivity (Wildman–Crippen MR) is 119 cm³/mol. The van der Waals surface area contributed by atoms with Gasteiger partial charge in [-0.3, -0.25) is 14.4 Å². The maximum atomic E-state index is 13.0. The molecule has 0 unspecified atom stereocenters. The molecule has 3 N–H and O–H groups in total. The molecule has 2 heterocycles. The number of carbonyl (C=O) groups is 3. The molecule has 31 heavy (non-hydrogen) atoms. The van der Waals surface area contributed by atoms with Gasteiger partial charge in [-0.25, -0.2) is 0 Å². The second-order valence-corrected chi connectivity index (χ2v) is 9.78. The van der Waals surface area contributed by atoms with Gasteiger partial charge < -0.3 is 20.4 Å². The van der Waals surface area contributed by atoms with Crippen molar-refractivity contribution in [1.82, 2.24) is 4.90 Å². The minimum Gasteiger partial charge on any atom is -0.459 e. The van der Waals surface area contributed by atoms with E-state index in [1.807, 2.05) is 0 Å². The largest absolute Gasteiger partial charge is 0.459 e. The Morgan fingerprint density at radius 3 is 2.68 bits per heavy atom. The highest BCUT2D eigenvalue weighted by Gasteiger charge is 2.31. The Balaban J connectivity index is 1.54. The summed E-state index contributed by atoms with van der Waals surface area (Å²) in [5.41, 5.74) is 7.07. The van der Waals surface area contributed by atoms with Crippen LogP contribution in [0.4, 0.5) is 5.00 Å². The van der Waals surface area contributed by atoms with Crippen LogP contribution in [0.25, 0.3) is 0 Å². The average Bonchev–Trinajstić information content (AvgIpc) is 3.39. The van der Waals surface area contributed by atoms with E-state index in [0.717, 1.165) is 61.8 Å². The zero-order valence-corrected chi connectivity index (χ0v) is 18.6. The van der Waals surface area contributed by atoms with Gasteiger partial charge in [0.2, 0.25) is 5.91 Å². The summed E-state index contributed by atoms with van der Waals surface area (Å²) in [6.45, 7) is 2.11. The van der Waals surface area contributed by atoms with Gasteiger partial charge >= 0.3 is 0 Å². The van der Waals surface area contributed by atoms with Crippen LogP contribution < -0.4 is 11.1 Å². The van der Waals surface area contributed by atoms with Crippen molar-refractivity contribution in [2.75, 3.05) is 11.9 Å². The number of fused-ring (bicyclic) bond motifs is 1. The van der Waals surface area contributed by atoms with Crippen LogP contribution >= 0.6 is 11.3 Å². The molecular formula is C23H29N3O4S. The van der Waals surface area contributed by atoms with Gasteiger partial charge in [0, 0.05) is 10.9 Å². The van der Waals surface area contributed by atoms with Gasteiger partial charge in [-0.15, -0.1) is 11.3 Å². The van der Waals surface area contributed by atoms with Crippen molar-refractivity contribution in [3.63, 3.8) is 0 Å². The van der Waals surface area contributed by atoms with Gasteiger partial charge in [0.25, 0.3) is 11.8 Å². The van der Waals surface area contributed by atoms with Crippen LogP contribution in [0, 0.1) is 5.92 Å². The van der Waals surface area contributed by atoms with Crippen molar-refractivity contribution in [3.8, 4) is 0 Å². The number of nitrogens with one attached hydrogen (secondary N) is 1. The Hall–Kier alpha value is -2.61. The van der Waals surface area contributed by atoms with Crippen molar-refractivity contribution in [3.05, 3.63) is 40.2 Å². The molecule has 4 rings (SSSR count). The summed E-state index contributed by atoms with van der Waals surface area (Å²) in [7, 11) is 0. The first kappa shape index (κ1) is 21.6. The van der Waals surface area contributed by atoms with E-state index in [4.69, 9.17) is 10.2 Å². The van der Waals surface area contributed by atoms with Crippen LogP contribution in [0.5, 0.6) is 0 Å². The van der Waals surface area contributed by atoms with Crippen LogP contribution in [0.15, 0.2) is 22.8 Å². The SMILES string of the molecule is C[C@@H]1CCc2c(sc(NC(=O)CN(C(=O)c3ccco3)C3CCCCC3)c2C(N)=O)C1. The molecule has 3 amide bonds. The maximum Gasteiger partial charge on any atom is 0.290 e. The Labute approximate surface area is 186 Å². The van der Waals surface area contributed by atoms with E-state index in [1.54, 1.807) is 17.0 Å². The molecule has 2 aliphatic carbocycles. The second kappa shape index (κ2) is 9.26. The summed E-state index contributed by atoms with van der Waals surface area (Å²) in [5, 5.41) is 3.39.